The highest BCUT2D eigenvalue weighted by Gasteiger charge is 2.23. The summed E-state index contributed by atoms with van der Waals surface area (Å²) in [5.74, 6) is 0.747. The number of amides is 1. The number of aromatic nitrogens is 5. The zero-order chi connectivity index (χ0) is 24.5. The molecule has 3 heterocycles. The second kappa shape index (κ2) is 12.0. The minimum absolute atomic E-state index is 0.00689. The molecule has 0 spiro atoms. The summed E-state index contributed by atoms with van der Waals surface area (Å²) in [5.41, 5.74) is 1.82. The van der Waals surface area contributed by atoms with Crippen LogP contribution < -0.4 is 5.32 Å². The number of nitrogens with one attached hydrogen (secondary N) is 1. The van der Waals surface area contributed by atoms with Gasteiger partial charge in [0.05, 0.1) is 18.4 Å². The Balaban J connectivity index is 1.37. The molecule has 0 saturated carbocycles. The molecule has 4 rings (SSSR count). The number of anilines is 1. The highest BCUT2D eigenvalue weighted by atomic mass is 16.9. The van der Waals surface area contributed by atoms with Gasteiger partial charge >= 0.3 is 12.6 Å². The van der Waals surface area contributed by atoms with E-state index in [1.54, 1.807) is 25.2 Å². The smallest absolute Gasteiger partial charge is 0.394 e. The standard InChI is InChI=1S/C23H27N7O5/c1-3-18-12-8-14-32-23(34-18)35-22(31)25-19-13-7-11-17(24-19)15-33-27-20(16-9-5-4-6-10-16)21-26-28-29-30(21)2/h4-7,9-11,13,18,23H,3,8,12,14-15H2,1-2H3,(H,24,25,31). The SMILES string of the molecule is CCC1CCCOC(OC(=O)Nc2cccc(CON=C(c3ccccc3)c3nnnn3C)n2)O1. The average molecular weight is 482 g/mol. The van der Waals surface area contributed by atoms with E-state index in [1.807, 2.05) is 37.3 Å². The van der Waals surface area contributed by atoms with Crippen molar-refractivity contribution < 1.29 is 23.8 Å². The molecule has 1 aliphatic heterocycles. The van der Waals surface area contributed by atoms with Gasteiger partial charge in [0.1, 0.15) is 5.82 Å². The van der Waals surface area contributed by atoms with Gasteiger partial charge < -0.3 is 19.0 Å². The summed E-state index contributed by atoms with van der Waals surface area (Å²) in [6.45, 7) is 1.49. The fraction of sp³-hybridized carbons (Fsp3) is 0.391. The minimum Gasteiger partial charge on any atom is -0.394 e. The zero-order valence-electron chi connectivity index (χ0n) is 19.5. The third-order valence-corrected chi connectivity index (χ3v) is 5.17. The number of hydrogen-bond donors (Lipinski definition) is 1. The Morgan fingerprint density at radius 2 is 2.09 bits per heavy atom. The third-order valence-electron chi connectivity index (χ3n) is 5.17. The Bertz CT molecular complexity index is 1140. The summed E-state index contributed by atoms with van der Waals surface area (Å²) in [4.78, 5) is 22.3. The van der Waals surface area contributed by atoms with E-state index in [2.05, 4.69) is 31.0 Å². The molecule has 184 valence electrons. The van der Waals surface area contributed by atoms with Gasteiger partial charge in [0.15, 0.2) is 12.3 Å². The molecular weight excluding hydrogens is 454 g/mol. The largest absolute Gasteiger partial charge is 0.416 e. The molecule has 0 aliphatic carbocycles. The normalized spacial score (nSPS) is 18.5. The van der Waals surface area contributed by atoms with Crippen LogP contribution in [0.1, 0.15) is 43.3 Å². The number of tetrazole rings is 1. The molecule has 1 fully saturated rings. The fourth-order valence-electron chi connectivity index (χ4n) is 3.38. The van der Waals surface area contributed by atoms with E-state index in [1.165, 1.54) is 4.68 Å². The van der Waals surface area contributed by atoms with Crippen molar-refractivity contribution >= 4 is 17.6 Å². The van der Waals surface area contributed by atoms with Gasteiger partial charge in [0.25, 0.3) is 0 Å². The third kappa shape index (κ3) is 6.80. The Morgan fingerprint density at radius 1 is 1.23 bits per heavy atom. The van der Waals surface area contributed by atoms with Crippen LogP contribution in [0.15, 0.2) is 53.7 Å². The molecule has 2 atom stereocenters. The molecule has 3 aromatic rings. The van der Waals surface area contributed by atoms with Crippen molar-refractivity contribution in [3.63, 3.8) is 0 Å². The Kier molecular flexibility index (Phi) is 8.30. The van der Waals surface area contributed by atoms with Crippen LogP contribution in [-0.4, -0.2) is 56.2 Å². The highest BCUT2D eigenvalue weighted by molar-refractivity contribution is 6.10. The number of oxime groups is 1. The van der Waals surface area contributed by atoms with Crippen LogP contribution in [0.3, 0.4) is 0 Å². The van der Waals surface area contributed by atoms with Gasteiger partial charge in [0, 0.05) is 12.6 Å². The van der Waals surface area contributed by atoms with Crippen molar-refractivity contribution in [1.82, 2.24) is 25.2 Å². The lowest BCUT2D eigenvalue weighted by Gasteiger charge is -2.19. The van der Waals surface area contributed by atoms with Crippen LogP contribution in [-0.2, 0) is 32.7 Å². The molecule has 2 aromatic heterocycles. The van der Waals surface area contributed by atoms with Crippen LogP contribution in [0.2, 0.25) is 0 Å². The van der Waals surface area contributed by atoms with Crippen LogP contribution in [0.5, 0.6) is 0 Å². The number of nitrogens with zero attached hydrogens (tertiary/aromatic N) is 6. The van der Waals surface area contributed by atoms with E-state index < -0.39 is 12.6 Å². The maximum atomic E-state index is 12.3. The van der Waals surface area contributed by atoms with E-state index in [0.29, 0.717) is 29.7 Å². The monoisotopic (exact) mass is 481 g/mol. The maximum Gasteiger partial charge on any atom is 0.416 e. The number of rotatable bonds is 8. The first-order chi connectivity index (χ1) is 17.1. The molecule has 2 unspecified atom stereocenters. The van der Waals surface area contributed by atoms with Crippen molar-refractivity contribution in [3.05, 3.63) is 65.6 Å². The van der Waals surface area contributed by atoms with Crippen molar-refractivity contribution in [2.24, 2.45) is 12.2 Å². The van der Waals surface area contributed by atoms with Crippen molar-refractivity contribution in [1.29, 1.82) is 0 Å². The molecule has 12 heteroatoms. The fourth-order valence-corrected chi connectivity index (χ4v) is 3.38. The van der Waals surface area contributed by atoms with E-state index in [0.717, 1.165) is 24.8 Å². The summed E-state index contributed by atoms with van der Waals surface area (Å²) < 4.78 is 17.9. The molecule has 1 amide bonds. The molecule has 1 aromatic carbocycles. The van der Waals surface area contributed by atoms with Gasteiger partial charge in [-0.05, 0) is 41.8 Å². The molecule has 0 bridgehead atoms. The second-order valence-corrected chi connectivity index (χ2v) is 7.72. The Hall–Kier alpha value is -3.90. The first-order valence-corrected chi connectivity index (χ1v) is 11.3. The first kappa shape index (κ1) is 24.2. The predicted molar refractivity (Wildman–Crippen MR) is 124 cm³/mol. The number of ether oxygens (including phenoxy) is 3. The number of hydrogen-bond acceptors (Lipinski definition) is 10. The lowest BCUT2D eigenvalue weighted by atomic mass is 10.1. The quantitative estimate of drug-likeness (QED) is 0.380. The maximum absolute atomic E-state index is 12.3. The summed E-state index contributed by atoms with van der Waals surface area (Å²) in [5, 5.41) is 18.4. The Labute approximate surface area is 202 Å². The van der Waals surface area contributed by atoms with Gasteiger partial charge in [-0.15, -0.1) is 5.10 Å². The van der Waals surface area contributed by atoms with Gasteiger partial charge in [0.2, 0.25) is 5.82 Å². The first-order valence-electron chi connectivity index (χ1n) is 11.3. The van der Waals surface area contributed by atoms with Gasteiger partial charge in [-0.2, -0.15) is 0 Å². The number of carbonyl (C=O) groups is 1. The lowest BCUT2D eigenvalue weighted by molar-refractivity contribution is -0.266. The summed E-state index contributed by atoms with van der Waals surface area (Å²) >= 11 is 0. The van der Waals surface area contributed by atoms with Crippen LogP contribution in [0.25, 0.3) is 0 Å². The predicted octanol–water partition coefficient (Wildman–Crippen LogP) is 3.01. The second-order valence-electron chi connectivity index (χ2n) is 7.72. The van der Waals surface area contributed by atoms with E-state index in [-0.39, 0.29) is 12.7 Å². The number of carbonyl (C=O) groups excluding carboxylic acids is 1. The van der Waals surface area contributed by atoms with Crippen molar-refractivity contribution in [2.45, 2.75) is 45.4 Å². The molecular formula is C23H27N7O5. The van der Waals surface area contributed by atoms with Crippen molar-refractivity contribution in [3.8, 4) is 0 Å². The van der Waals surface area contributed by atoms with Gasteiger partial charge in [-0.1, -0.05) is 48.5 Å². The zero-order valence-corrected chi connectivity index (χ0v) is 19.5. The highest BCUT2D eigenvalue weighted by Crippen LogP contribution is 2.17. The Morgan fingerprint density at radius 3 is 2.86 bits per heavy atom. The number of benzene rings is 1. The van der Waals surface area contributed by atoms with Gasteiger partial charge in [-0.25, -0.2) is 14.5 Å². The summed E-state index contributed by atoms with van der Waals surface area (Å²) in [6, 6.07) is 14.6. The molecule has 1 saturated heterocycles. The minimum atomic E-state index is -1.05. The molecule has 1 aliphatic rings. The summed E-state index contributed by atoms with van der Waals surface area (Å²) in [7, 11) is 1.72. The summed E-state index contributed by atoms with van der Waals surface area (Å²) in [6.07, 6.45) is 1.80. The average Bonchev–Trinajstić information content (AvgIpc) is 3.15. The van der Waals surface area contributed by atoms with Crippen LogP contribution >= 0.6 is 0 Å². The van der Waals surface area contributed by atoms with E-state index in [4.69, 9.17) is 19.0 Å². The van der Waals surface area contributed by atoms with Crippen molar-refractivity contribution in [2.75, 3.05) is 11.9 Å². The topological polar surface area (TPSA) is 135 Å². The number of pyridine rings is 1. The number of aryl methyl sites for hydroxylation is 1. The van der Waals surface area contributed by atoms with Gasteiger partial charge in [-0.3, -0.25) is 5.32 Å². The molecule has 1 N–H and O–H groups in total. The molecule has 0 radical (unpaired) electrons. The van der Waals surface area contributed by atoms with E-state index in [9.17, 15) is 4.79 Å². The molecule has 12 nitrogen and oxygen atoms in total. The molecule has 35 heavy (non-hydrogen) atoms. The van der Waals surface area contributed by atoms with Crippen LogP contribution in [0, 0.1) is 0 Å². The van der Waals surface area contributed by atoms with E-state index >= 15 is 0 Å². The van der Waals surface area contributed by atoms with Crippen LogP contribution in [0.4, 0.5) is 10.6 Å². The lowest BCUT2D eigenvalue weighted by Crippen LogP contribution is -2.29.